The average molecular weight is 281 g/mol. The van der Waals surface area contributed by atoms with E-state index in [9.17, 15) is 0 Å². The quantitative estimate of drug-likeness (QED) is 0.720. The van der Waals surface area contributed by atoms with Crippen molar-refractivity contribution in [3.8, 4) is 0 Å². The zero-order valence-electron chi connectivity index (χ0n) is 12.4. The van der Waals surface area contributed by atoms with Crippen molar-refractivity contribution in [2.24, 2.45) is 0 Å². The molecule has 0 bridgehead atoms. The second-order valence-corrected chi connectivity index (χ2v) is 5.76. The van der Waals surface area contributed by atoms with E-state index < -0.39 is 0 Å². The molecule has 1 heterocycles. The van der Waals surface area contributed by atoms with Gasteiger partial charge in [-0.15, -0.1) is 0 Å². The van der Waals surface area contributed by atoms with Crippen LogP contribution in [-0.4, -0.2) is 30.7 Å². The molecule has 3 rings (SSSR count). The summed E-state index contributed by atoms with van der Waals surface area (Å²) in [5, 5.41) is 0. The topological polar surface area (TPSA) is 12.5 Å². The Morgan fingerprint density at radius 3 is 2.14 bits per heavy atom. The molecule has 0 spiro atoms. The van der Waals surface area contributed by atoms with Crippen molar-refractivity contribution >= 4 is 0 Å². The molecular weight excluding hydrogens is 258 g/mol. The van der Waals surface area contributed by atoms with Crippen LogP contribution in [0, 0.1) is 0 Å². The Hall–Kier alpha value is -1.64. The van der Waals surface area contributed by atoms with Crippen LogP contribution in [0.5, 0.6) is 0 Å². The molecule has 21 heavy (non-hydrogen) atoms. The third kappa shape index (κ3) is 4.42. The molecule has 1 aliphatic rings. The Labute approximate surface area is 127 Å². The van der Waals surface area contributed by atoms with Gasteiger partial charge in [-0.05, 0) is 24.0 Å². The summed E-state index contributed by atoms with van der Waals surface area (Å²) in [6.07, 6.45) is 2.66. The van der Waals surface area contributed by atoms with Crippen LogP contribution in [0.2, 0.25) is 0 Å². The largest absolute Gasteiger partial charge is 0.376 e. The molecule has 1 aliphatic heterocycles. The minimum atomic E-state index is 0.435. The Balaban J connectivity index is 1.27. The van der Waals surface area contributed by atoms with Gasteiger partial charge in [0.05, 0.1) is 6.10 Å². The van der Waals surface area contributed by atoms with E-state index in [0.29, 0.717) is 6.10 Å². The van der Waals surface area contributed by atoms with Crippen LogP contribution in [0.25, 0.3) is 0 Å². The first-order valence-corrected chi connectivity index (χ1v) is 7.82. The monoisotopic (exact) mass is 281 g/mol. The predicted octanol–water partition coefficient (Wildman–Crippen LogP) is 3.52. The summed E-state index contributed by atoms with van der Waals surface area (Å²) in [5.74, 6) is 0. The first kappa shape index (κ1) is 14.3. The zero-order valence-corrected chi connectivity index (χ0v) is 12.4. The highest BCUT2D eigenvalue weighted by atomic mass is 16.5. The molecule has 2 aromatic carbocycles. The Morgan fingerprint density at radius 1 is 0.857 bits per heavy atom. The fourth-order valence-corrected chi connectivity index (χ4v) is 2.77. The highest BCUT2D eigenvalue weighted by molar-refractivity contribution is 5.15. The van der Waals surface area contributed by atoms with E-state index in [-0.39, 0.29) is 0 Å². The van der Waals surface area contributed by atoms with Crippen molar-refractivity contribution in [3.05, 3.63) is 71.8 Å². The highest BCUT2D eigenvalue weighted by Crippen LogP contribution is 2.16. The molecule has 1 fully saturated rings. The number of hydrogen-bond acceptors (Lipinski definition) is 2. The summed E-state index contributed by atoms with van der Waals surface area (Å²) >= 11 is 0. The molecule has 0 unspecified atom stereocenters. The van der Waals surface area contributed by atoms with Crippen LogP contribution < -0.4 is 0 Å². The van der Waals surface area contributed by atoms with Crippen LogP contribution in [0.15, 0.2) is 60.7 Å². The van der Waals surface area contributed by atoms with E-state index in [1.807, 2.05) is 0 Å². The lowest BCUT2D eigenvalue weighted by atomic mass is 10.1. The second-order valence-electron chi connectivity index (χ2n) is 5.76. The van der Waals surface area contributed by atoms with E-state index in [1.165, 1.54) is 11.1 Å². The van der Waals surface area contributed by atoms with Crippen LogP contribution in [0.1, 0.15) is 17.5 Å². The van der Waals surface area contributed by atoms with Gasteiger partial charge in [-0.3, -0.25) is 4.90 Å². The smallest absolute Gasteiger partial charge is 0.0828 e. The maximum Gasteiger partial charge on any atom is 0.0828 e. The third-order valence-corrected chi connectivity index (χ3v) is 3.98. The van der Waals surface area contributed by atoms with Crippen molar-refractivity contribution in [2.75, 3.05) is 19.7 Å². The maximum atomic E-state index is 5.93. The normalized spacial score (nSPS) is 15.8. The fraction of sp³-hybridized carbons (Fsp3) is 0.368. The van der Waals surface area contributed by atoms with Crippen LogP contribution in [-0.2, 0) is 17.7 Å². The van der Waals surface area contributed by atoms with Crippen LogP contribution >= 0.6 is 0 Å². The van der Waals surface area contributed by atoms with Gasteiger partial charge >= 0.3 is 0 Å². The molecule has 110 valence electrons. The molecule has 2 nitrogen and oxygen atoms in total. The predicted molar refractivity (Wildman–Crippen MR) is 86.2 cm³/mol. The van der Waals surface area contributed by atoms with Crippen molar-refractivity contribution < 1.29 is 4.74 Å². The first-order valence-electron chi connectivity index (χ1n) is 7.82. The highest BCUT2D eigenvalue weighted by Gasteiger charge is 2.26. The summed E-state index contributed by atoms with van der Waals surface area (Å²) in [7, 11) is 0. The summed E-state index contributed by atoms with van der Waals surface area (Å²) < 4.78 is 5.93. The van der Waals surface area contributed by atoms with Crippen LogP contribution in [0.3, 0.4) is 0 Å². The molecule has 0 saturated carbocycles. The standard InChI is InChI=1S/C19H23NO/c1-3-8-17(9-4-1)12-7-13-21-19-15-20(16-19)14-18-10-5-2-6-11-18/h1-6,8-11,19H,7,12-16H2. The molecule has 0 aromatic heterocycles. The average Bonchev–Trinajstić information content (AvgIpc) is 2.50. The Kier molecular flexibility index (Phi) is 5.03. The fourth-order valence-electron chi connectivity index (χ4n) is 2.77. The van der Waals surface area contributed by atoms with E-state index >= 15 is 0 Å². The maximum absolute atomic E-state index is 5.93. The van der Waals surface area contributed by atoms with E-state index in [2.05, 4.69) is 65.6 Å². The molecule has 2 aromatic rings. The van der Waals surface area contributed by atoms with Crippen molar-refractivity contribution in [3.63, 3.8) is 0 Å². The third-order valence-electron chi connectivity index (χ3n) is 3.98. The SMILES string of the molecule is c1ccc(CCCOC2CN(Cc3ccccc3)C2)cc1. The molecule has 2 heteroatoms. The zero-order chi connectivity index (χ0) is 14.3. The van der Waals surface area contributed by atoms with Gasteiger partial charge in [0.25, 0.3) is 0 Å². The molecule has 1 saturated heterocycles. The molecule has 0 amide bonds. The number of aryl methyl sites for hydroxylation is 1. The van der Waals surface area contributed by atoms with Gasteiger partial charge in [0.15, 0.2) is 0 Å². The van der Waals surface area contributed by atoms with E-state index in [0.717, 1.165) is 39.1 Å². The molecule has 0 N–H and O–H groups in total. The minimum absolute atomic E-state index is 0.435. The number of ether oxygens (including phenoxy) is 1. The number of nitrogens with zero attached hydrogens (tertiary/aromatic N) is 1. The van der Waals surface area contributed by atoms with Crippen molar-refractivity contribution in [1.29, 1.82) is 0 Å². The van der Waals surface area contributed by atoms with Gasteiger partial charge < -0.3 is 4.74 Å². The first-order chi connectivity index (χ1) is 10.4. The molecule has 0 atom stereocenters. The summed E-state index contributed by atoms with van der Waals surface area (Å²) in [6.45, 7) is 4.06. The number of rotatable bonds is 7. The summed E-state index contributed by atoms with van der Waals surface area (Å²) in [4.78, 5) is 2.44. The van der Waals surface area contributed by atoms with E-state index in [4.69, 9.17) is 4.74 Å². The van der Waals surface area contributed by atoms with Gasteiger partial charge in [-0.2, -0.15) is 0 Å². The second kappa shape index (κ2) is 7.39. The van der Waals surface area contributed by atoms with Gasteiger partial charge in [-0.1, -0.05) is 60.7 Å². The van der Waals surface area contributed by atoms with Gasteiger partial charge in [-0.25, -0.2) is 0 Å². The van der Waals surface area contributed by atoms with Crippen molar-refractivity contribution in [2.45, 2.75) is 25.5 Å². The van der Waals surface area contributed by atoms with Crippen LogP contribution in [0.4, 0.5) is 0 Å². The van der Waals surface area contributed by atoms with Gasteiger partial charge in [0, 0.05) is 26.2 Å². The lowest BCUT2D eigenvalue weighted by Crippen LogP contribution is -2.51. The van der Waals surface area contributed by atoms with E-state index in [1.54, 1.807) is 0 Å². The lowest BCUT2D eigenvalue weighted by molar-refractivity contribution is -0.0582. The van der Waals surface area contributed by atoms with Gasteiger partial charge in [0.2, 0.25) is 0 Å². The van der Waals surface area contributed by atoms with Crippen molar-refractivity contribution in [1.82, 2.24) is 4.90 Å². The number of likely N-dealkylation sites (tertiary alicyclic amines) is 1. The Morgan fingerprint density at radius 2 is 1.48 bits per heavy atom. The molecular formula is C19H23NO. The molecule has 0 radical (unpaired) electrons. The number of hydrogen-bond donors (Lipinski definition) is 0. The minimum Gasteiger partial charge on any atom is -0.376 e. The number of benzene rings is 2. The molecule has 0 aliphatic carbocycles. The summed E-state index contributed by atoms with van der Waals surface area (Å²) in [5.41, 5.74) is 2.79. The van der Waals surface area contributed by atoms with Gasteiger partial charge in [0.1, 0.15) is 0 Å². The Bertz CT molecular complexity index is 520. The lowest BCUT2D eigenvalue weighted by Gasteiger charge is -2.39. The summed E-state index contributed by atoms with van der Waals surface area (Å²) in [6, 6.07) is 21.3.